The van der Waals surface area contributed by atoms with E-state index in [-0.39, 0.29) is 6.54 Å². The Morgan fingerprint density at radius 3 is 2.38 bits per heavy atom. The molecule has 1 aliphatic heterocycles. The highest BCUT2D eigenvalue weighted by Crippen LogP contribution is 2.30. The van der Waals surface area contributed by atoms with Crippen LogP contribution in [0.5, 0.6) is 17.2 Å². The van der Waals surface area contributed by atoms with Gasteiger partial charge in [-0.1, -0.05) is 12.1 Å². The maximum absolute atomic E-state index is 10.8. The standard InChI is InChI=1S/C24H34N4O4/c1-5-25-24(26-17-21(29)19-16-18(30-2)10-11-22(19)31-3)28-14-12-27(13-15-28)20-8-6-7-9-23(20)32-4/h6-11,16,21,29H,5,12-15,17H2,1-4H3,(H,25,26). The molecule has 0 saturated carbocycles. The molecule has 1 aliphatic rings. The first-order valence-corrected chi connectivity index (χ1v) is 10.9. The molecule has 0 aromatic heterocycles. The zero-order chi connectivity index (χ0) is 22.9. The molecule has 1 heterocycles. The largest absolute Gasteiger partial charge is 0.497 e. The zero-order valence-corrected chi connectivity index (χ0v) is 19.4. The van der Waals surface area contributed by atoms with Crippen LogP contribution in [0.25, 0.3) is 0 Å². The Labute approximate surface area is 190 Å². The molecule has 8 heteroatoms. The van der Waals surface area contributed by atoms with Gasteiger partial charge in [0.2, 0.25) is 0 Å². The molecule has 3 rings (SSSR count). The summed E-state index contributed by atoms with van der Waals surface area (Å²) in [5.41, 5.74) is 1.77. The number of guanidine groups is 1. The number of aliphatic imine (C=N–C) groups is 1. The number of methoxy groups -OCH3 is 3. The van der Waals surface area contributed by atoms with Crippen molar-refractivity contribution in [1.82, 2.24) is 10.2 Å². The monoisotopic (exact) mass is 442 g/mol. The normalized spacial score (nSPS) is 15.3. The number of aliphatic hydroxyl groups is 1. The van der Waals surface area contributed by atoms with E-state index in [0.717, 1.165) is 50.1 Å². The van der Waals surface area contributed by atoms with E-state index in [9.17, 15) is 5.11 Å². The maximum atomic E-state index is 10.8. The van der Waals surface area contributed by atoms with Gasteiger partial charge in [0.1, 0.15) is 23.4 Å². The summed E-state index contributed by atoms with van der Waals surface area (Å²) in [6, 6.07) is 13.5. The van der Waals surface area contributed by atoms with Gasteiger partial charge in [-0.15, -0.1) is 0 Å². The number of hydrogen-bond donors (Lipinski definition) is 2. The van der Waals surface area contributed by atoms with Crippen molar-refractivity contribution in [2.75, 3.05) is 65.5 Å². The highest BCUT2D eigenvalue weighted by molar-refractivity contribution is 5.80. The zero-order valence-electron chi connectivity index (χ0n) is 19.4. The van der Waals surface area contributed by atoms with Gasteiger partial charge < -0.3 is 34.4 Å². The van der Waals surface area contributed by atoms with Gasteiger partial charge in [0.05, 0.1) is 33.6 Å². The molecule has 0 spiro atoms. The minimum atomic E-state index is -0.802. The molecule has 1 saturated heterocycles. The number of nitrogens with one attached hydrogen (secondary N) is 1. The number of hydrogen-bond acceptors (Lipinski definition) is 6. The number of aliphatic hydroxyl groups excluding tert-OH is 1. The molecule has 1 unspecified atom stereocenters. The average Bonchev–Trinajstić information content (AvgIpc) is 2.86. The molecule has 1 atom stereocenters. The van der Waals surface area contributed by atoms with Gasteiger partial charge in [0, 0.05) is 38.3 Å². The van der Waals surface area contributed by atoms with Crippen LogP contribution in [0.1, 0.15) is 18.6 Å². The molecule has 2 aromatic rings. The SMILES string of the molecule is CCNC(=NCC(O)c1cc(OC)ccc1OC)N1CCN(c2ccccc2OC)CC1. The summed E-state index contributed by atoms with van der Waals surface area (Å²) >= 11 is 0. The van der Waals surface area contributed by atoms with E-state index in [1.807, 2.05) is 31.2 Å². The van der Waals surface area contributed by atoms with Gasteiger partial charge in [0.25, 0.3) is 0 Å². The fraction of sp³-hybridized carbons (Fsp3) is 0.458. The van der Waals surface area contributed by atoms with E-state index >= 15 is 0 Å². The number of anilines is 1. The molecular weight excluding hydrogens is 408 g/mol. The van der Waals surface area contributed by atoms with Crippen LogP contribution in [-0.4, -0.2) is 76.6 Å². The van der Waals surface area contributed by atoms with E-state index in [2.05, 4.69) is 21.2 Å². The molecular formula is C24H34N4O4. The molecule has 1 fully saturated rings. The van der Waals surface area contributed by atoms with Gasteiger partial charge in [-0.2, -0.15) is 0 Å². The third-order valence-electron chi connectivity index (χ3n) is 5.55. The lowest BCUT2D eigenvalue weighted by molar-refractivity contribution is 0.181. The Hall–Kier alpha value is -3.13. The Morgan fingerprint density at radius 2 is 1.72 bits per heavy atom. The Kier molecular flexibility index (Phi) is 8.44. The lowest BCUT2D eigenvalue weighted by atomic mass is 10.1. The Balaban J connectivity index is 1.68. The van der Waals surface area contributed by atoms with E-state index in [0.29, 0.717) is 17.1 Å². The van der Waals surface area contributed by atoms with E-state index in [4.69, 9.17) is 19.2 Å². The predicted octanol–water partition coefficient (Wildman–Crippen LogP) is 2.53. The van der Waals surface area contributed by atoms with Gasteiger partial charge in [-0.25, -0.2) is 0 Å². The molecule has 0 aliphatic carbocycles. The van der Waals surface area contributed by atoms with Crippen molar-refractivity contribution in [3.8, 4) is 17.2 Å². The molecule has 174 valence electrons. The van der Waals surface area contributed by atoms with E-state index in [1.165, 1.54) is 0 Å². The minimum absolute atomic E-state index is 0.221. The molecule has 0 amide bonds. The number of benzene rings is 2. The fourth-order valence-electron chi connectivity index (χ4n) is 3.85. The van der Waals surface area contributed by atoms with Crippen molar-refractivity contribution in [1.29, 1.82) is 0 Å². The summed E-state index contributed by atoms with van der Waals surface area (Å²) in [6.45, 7) is 6.38. The topological polar surface area (TPSA) is 78.8 Å². The van der Waals surface area contributed by atoms with Crippen molar-refractivity contribution < 1.29 is 19.3 Å². The second-order valence-corrected chi connectivity index (χ2v) is 7.46. The van der Waals surface area contributed by atoms with E-state index < -0.39 is 6.10 Å². The first-order chi connectivity index (χ1) is 15.6. The fourth-order valence-corrected chi connectivity index (χ4v) is 3.85. The third-order valence-corrected chi connectivity index (χ3v) is 5.55. The molecule has 2 N–H and O–H groups in total. The van der Waals surface area contributed by atoms with Gasteiger partial charge in [0.15, 0.2) is 5.96 Å². The quantitative estimate of drug-likeness (QED) is 0.480. The third kappa shape index (κ3) is 5.56. The van der Waals surface area contributed by atoms with Gasteiger partial charge in [-0.3, -0.25) is 4.99 Å². The summed E-state index contributed by atoms with van der Waals surface area (Å²) in [4.78, 5) is 9.27. The molecule has 8 nitrogen and oxygen atoms in total. The molecule has 0 bridgehead atoms. The van der Waals surface area contributed by atoms with Crippen LogP contribution in [0.2, 0.25) is 0 Å². The van der Waals surface area contributed by atoms with Crippen molar-refractivity contribution in [2.24, 2.45) is 4.99 Å². The molecule has 0 radical (unpaired) electrons. The summed E-state index contributed by atoms with van der Waals surface area (Å²) in [5.74, 6) is 2.97. The van der Waals surface area contributed by atoms with Gasteiger partial charge >= 0.3 is 0 Å². The molecule has 32 heavy (non-hydrogen) atoms. The first kappa shape index (κ1) is 23.5. The first-order valence-electron chi connectivity index (χ1n) is 10.9. The van der Waals surface area contributed by atoms with E-state index in [1.54, 1.807) is 33.5 Å². The van der Waals surface area contributed by atoms with Crippen molar-refractivity contribution in [3.63, 3.8) is 0 Å². The second-order valence-electron chi connectivity index (χ2n) is 7.46. The number of rotatable bonds is 8. The maximum Gasteiger partial charge on any atom is 0.194 e. The predicted molar refractivity (Wildman–Crippen MR) is 127 cm³/mol. The smallest absolute Gasteiger partial charge is 0.194 e. The Bertz CT molecular complexity index is 897. The molecule has 2 aromatic carbocycles. The summed E-state index contributed by atoms with van der Waals surface area (Å²) < 4.78 is 16.2. The second kappa shape index (κ2) is 11.5. The average molecular weight is 443 g/mol. The summed E-state index contributed by atoms with van der Waals surface area (Å²) in [7, 11) is 4.89. The van der Waals surface area contributed by atoms with Crippen LogP contribution in [0, 0.1) is 0 Å². The summed E-state index contributed by atoms with van der Waals surface area (Å²) in [6.07, 6.45) is -0.802. The summed E-state index contributed by atoms with van der Waals surface area (Å²) in [5, 5.41) is 14.2. The van der Waals surface area contributed by atoms with Gasteiger partial charge in [-0.05, 0) is 37.3 Å². The lowest BCUT2D eigenvalue weighted by Gasteiger charge is -2.38. The van der Waals surface area contributed by atoms with Crippen molar-refractivity contribution >= 4 is 11.6 Å². The van der Waals surface area contributed by atoms with Crippen molar-refractivity contribution in [3.05, 3.63) is 48.0 Å². The lowest BCUT2D eigenvalue weighted by Crippen LogP contribution is -2.52. The van der Waals surface area contributed by atoms with Crippen LogP contribution in [-0.2, 0) is 0 Å². The van der Waals surface area contributed by atoms with Crippen molar-refractivity contribution in [2.45, 2.75) is 13.0 Å². The number of nitrogens with zero attached hydrogens (tertiary/aromatic N) is 3. The van der Waals surface area contributed by atoms with Crippen LogP contribution < -0.4 is 24.4 Å². The number of para-hydroxylation sites is 2. The van der Waals surface area contributed by atoms with Crippen LogP contribution in [0.15, 0.2) is 47.5 Å². The highest BCUT2D eigenvalue weighted by atomic mass is 16.5. The van der Waals surface area contributed by atoms with Crippen LogP contribution in [0.4, 0.5) is 5.69 Å². The minimum Gasteiger partial charge on any atom is -0.497 e. The number of ether oxygens (including phenoxy) is 3. The Morgan fingerprint density at radius 1 is 1.00 bits per heavy atom. The number of piperazine rings is 1. The van der Waals surface area contributed by atoms with Crippen LogP contribution >= 0.6 is 0 Å². The highest BCUT2D eigenvalue weighted by Gasteiger charge is 2.22. The van der Waals surface area contributed by atoms with Crippen LogP contribution in [0.3, 0.4) is 0 Å².